The molecule has 0 fully saturated rings. The van der Waals surface area contributed by atoms with Crippen LogP contribution in [0.4, 0.5) is 0 Å². The zero-order valence-corrected chi connectivity index (χ0v) is 16.7. The van der Waals surface area contributed by atoms with E-state index in [1.807, 2.05) is 36.4 Å². The Labute approximate surface area is 165 Å². The van der Waals surface area contributed by atoms with Gasteiger partial charge in [0.05, 0.1) is 16.8 Å². The van der Waals surface area contributed by atoms with Crippen LogP contribution in [-0.4, -0.2) is 16.9 Å². The number of amides is 1. The van der Waals surface area contributed by atoms with Crippen molar-refractivity contribution in [3.8, 4) is 11.3 Å². The molecule has 28 heavy (non-hydrogen) atoms. The highest BCUT2D eigenvalue weighted by atomic mass is 16.1. The fourth-order valence-electron chi connectivity index (χ4n) is 3.17. The van der Waals surface area contributed by atoms with Crippen LogP contribution in [0.3, 0.4) is 0 Å². The van der Waals surface area contributed by atoms with Gasteiger partial charge in [0.2, 0.25) is 0 Å². The van der Waals surface area contributed by atoms with Crippen molar-refractivity contribution in [3.05, 3.63) is 65.7 Å². The minimum absolute atomic E-state index is 0.141. The average molecular weight is 374 g/mol. The molecule has 1 atom stereocenters. The smallest absolute Gasteiger partial charge is 0.258 e. The summed E-state index contributed by atoms with van der Waals surface area (Å²) in [5.74, 6) is -0.423. The van der Waals surface area contributed by atoms with Gasteiger partial charge in [-0.15, -0.1) is 0 Å². The van der Waals surface area contributed by atoms with Crippen molar-refractivity contribution < 1.29 is 4.79 Å². The summed E-state index contributed by atoms with van der Waals surface area (Å²) >= 11 is 0. The second-order valence-electron chi connectivity index (χ2n) is 8.15. The molecular weight excluding hydrogens is 348 g/mol. The first-order valence-electron chi connectivity index (χ1n) is 9.32. The van der Waals surface area contributed by atoms with E-state index in [2.05, 4.69) is 45.1 Å². The Bertz CT molecular complexity index is 1050. The number of nitrogens with two attached hydrogens (primary N) is 1. The lowest BCUT2D eigenvalue weighted by molar-refractivity contribution is 0.0978. The number of nitrogens with one attached hydrogen (secondary N) is 2. The summed E-state index contributed by atoms with van der Waals surface area (Å²) in [5, 5.41) is 10.5. The molecule has 5 heteroatoms. The van der Waals surface area contributed by atoms with Gasteiger partial charge in [0.25, 0.3) is 5.91 Å². The number of carbonyl (C=O) groups is 1. The van der Waals surface area contributed by atoms with Gasteiger partial charge in [-0.1, -0.05) is 64.1 Å². The maximum atomic E-state index is 12.6. The molecule has 0 aliphatic carbocycles. The number of benzene rings is 2. The van der Waals surface area contributed by atoms with Crippen LogP contribution in [0, 0.1) is 10.8 Å². The topological polar surface area (TPSA) is 91.9 Å². The summed E-state index contributed by atoms with van der Waals surface area (Å²) in [5.41, 5.74) is 9.57. The zero-order valence-electron chi connectivity index (χ0n) is 16.7. The average Bonchev–Trinajstić information content (AvgIpc) is 2.65. The van der Waals surface area contributed by atoms with Gasteiger partial charge in [0.15, 0.2) is 5.96 Å². The molecule has 0 spiro atoms. The number of pyridine rings is 1. The first-order chi connectivity index (χ1) is 13.2. The van der Waals surface area contributed by atoms with Gasteiger partial charge in [-0.3, -0.25) is 15.5 Å². The fourth-order valence-corrected chi connectivity index (χ4v) is 3.17. The van der Waals surface area contributed by atoms with Crippen LogP contribution in [0.1, 0.15) is 49.5 Å². The van der Waals surface area contributed by atoms with E-state index in [4.69, 9.17) is 16.1 Å². The van der Waals surface area contributed by atoms with E-state index in [0.717, 1.165) is 22.2 Å². The van der Waals surface area contributed by atoms with E-state index in [1.54, 1.807) is 6.07 Å². The standard InChI is InChI=1S/C23H26N4O/c1-14(23(2,3)4)15-8-7-9-16(12-15)20-13-18(21(28)27-22(24)25)17-10-5-6-11-19(17)26-20/h5-14H,1-4H3,(H4,24,25,27,28). The summed E-state index contributed by atoms with van der Waals surface area (Å²) in [6, 6.07) is 17.5. The first kappa shape index (κ1) is 19.5. The van der Waals surface area contributed by atoms with Crippen molar-refractivity contribution in [3.63, 3.8) is 0 Å². The molecule has 3 rings (SSSR count). The number of hydrogen-bond donors (Lipinski definition) is 3. The minimum Gasteiger partial charge on any atom is -0.370 e. The molecule has 0 saturated carbocycles. The van der Waals surface area contributed by atoms with Gasteiger partial charge in [-0.25, -0.2) is 4.98 Å². The van der Waals surface area contributed by atoms with Crippen molar-refractivity contribution in [2.24, 2.45) is 11.1 Å². The van der Waals surface area contributed by atoms with Crippen LogP contribution in [0.5, 0.6) is 0 Å². The summed E-state index contributed by atoms with van der Waals surface area (Å²) in [6.45, 7) is 8.90. The second-order valence-corrected chi connectivity index (χ2v) is 8.15. The summed E-state index contributed by atoms with van der Waals surface area (Å²) in [7, 11) is 0. The highest BCUT2D eigenvalue weighted by Gasteiger charge is 2.22. The Morgan fingerprint density at radius 1 is 1.11 bits per heavy atom. The molecule has 0 aliphatic rings. The molecule has 0 saturated heterocycles. The number of nitrogens with zero attached hydrogens (tertiary/aromatic N) is 1. The lowest BCUT2D eigenvalue weighted by atomic mass is 9.77. The largest absolute Gasteiger partial charge is 0.370 e. The maximum absolute atomic E-state index is 12.6. The van der Waals surface area contributed by atoms with E-state index < -0.39 is 5.91 Å². The fraction of sp³-hybridized carbons (Fsp3) is 0.261. The van der Waals surface area contributed by atoms with Gasteiger partial charge in [-0.05, 0) is 35.1 Å². The van der Waals surface area contributed by atoms with E-state index in [0.29, 0.717) is 11.5 Å². The summed E-state index contributed by atoms with van der Waals surface area (Å²) in [4.78, 5) is 17.4. The highest BCUT2D eigenvalue weighted by molar-refractivity contribution is 6.12. The molecule has 0 radical (unpaired) electrons. The number of guanidine groups is 1. The Hall–Kier alpha value is -3.21. The van der Waals surface area contributed by atoms with E-state index in [-0.39, 0.29) is 11.4 Å². The Kier molecular flexibility index (Phi) is 5.18. The van der Waals surface area contributed by atoms with Crippen LogP contribution in [-0.2, 0) is 0 Å². The van der Waals surface area contributed by atoms with Gasteiger partial charge < -0.3 is 5.73 Å². The molecule has 144 valence electrons. The van der Waals surface area contributed by atoms with Crippen LogP contribution >= 0.6 is 0 Å². The van der Waals surface area contributed by atoms with E-state index in [9.17, 15) is 4.79 Å². The number of aromatic nitrogens is 1. The molecule has 1 unspecified atom stereocenters. The molecule has 5 nitrogen and oxygen atoms in total. The molecule has 0 aliphatic heterocycles. The van der Waals surface area contributed by atoms with Crippen molar-refractivity contribution in [2.45, 2.75) is 33.6 Å². The molecule has 2 aromatic carbocycles. The lowest BCUT2D eigenvalue weighted by Gasteiger charge is -2.28. The Morgan fingerprint density at radius 2 is 1.82 bits per heavy atom. The number of carbonyl (C=O) groups excluding carboxylic acids is 1. The highest BCUT2D eigenvalue weighted by Crippen LogP contribution is 2.36. The lowest BCUT2D eigenvalue weighted by Crippen LogP contribution is -2.35. The van der Waals surface area contributed by atoms with Crippen molar-refractivity contribution in [1.29, 1.82) is 5.41 Å². The van der Waals surface area contributed by atoms with Crippen LogP contribution in [0.2, 0.25) is 0 Å². The summed E-state index contributed by atoms with van der Waals surface area (Å²) < 4.78 is 0. The Balaban J connectivity index is 2.14. The maximum Gasteiger partial charge on any atom is 0.258 e. The van der Waals surface area contributed by atoms with Crippen molar-refractivity contribution in [2.75, 3.05) is 0 Å². The predicted octanol–water partition coefficient (Wildman–Crippen LogP) is 4.67. The summed E-state index contributed by atoms with van der Waals surface area (Å²) in [6.07, 6.45) is 0. The van der Waals surface area contributed by atoms with Crippen LogP contribution < -0.4 is 11.1 Å². The number of para-hydroxylation sites is 1. The quantitative estimate of drug-likeness (QED) is 0.459. The van der Waals surface area contributed by atoms with Crippen molar-refractivity contribution >= 4 is 22.8 Å². The van der Waals surface area contributed by atoms with Gasteiger partial charge in [-0.2, -0.15) is 0 Å². The van der Waals surface area contributed by atoms with Gasteiger partial charge >= 0.3 is 0 Å². The number of hydrogen-bond acceptors (Lipinski definition) is 3. The normalized spacial score (nSPS) is 12.6. The second kappa shape index (κ2) is 7.43. The number of fused-ring (bicyclic) bond motifs is 1. The molecule has 4 N–H and O–H groups in total. The minimum atomic E-state index is -0.411. The molecule has 3 aromatic rings. The Morgan fingerprint density at radius 3 is 2.50 bits per heavy atom. The monoisotopic (exact) mass is 374 g/mol. The van der Waals surface area contributed by atoms with Crippen molar-refractivity contribution in [1.82, 2.24) is 10.3 Å². The van der Waals surface area contributed by atoms with E-state index >= 15 is 0 Å². The third-order valence-electron chi connectivity index (χ3n) is 5.19. The first-order valence-corrected chi connectivity index (χ1v) is 9.32. The van der Waals surface area contributed by atoms with Gasteiger partial charge in [0, 0.05) is 10.9 Å². The molecular formula is C23H26N4O. The third-order valence-corrected chi connectivity index (χ3v) is 5.19. The zero-order chi connectivity index (χ0) is 20.5. The SMILES string of the molecule is CC(c1cccc(-c2cc(C(=O)NC(=N)N)c3ccccc3n2)c1)C(C)(C)C. The predicted molar refractivity (Wildman–Crippen MR) is 114 cm³/mol. The van der Waals surface area contributed by atoms with E-state index in [1.165, 1.54) is 5.56 Å². The molecule has 1 amide bonds. The van der Waals surface area contributed by atoms with Crippen LogP contribution in [0.15, 0.2) is 54.6 Å². The molecule has 0 bridgehead atoms. The van der Waals surface area contributed by atoms with Gasteiger partial charge in [0.1, 0.15) is 0 Å². The third kappa shape index (κ3) is 4.03. The molecule has 1 heterocycles. The van der Waals surface area contributed by atoms with Crippen LogP contribution in [0.25, 0.3) is 22.2 Å². The molecule has 1 aromatic heterocycles. The number of rotatable bonds is 3.